The number of aryl methyl sites for hydroxylation is 1. The number of sulfonamides is 1. The molecule has 0 radical (unpaired) electrons. The van der Waals surface area contributed by atoms with Crippen LogP contribution in [0.1, 0.15) is 18.4 Å². The van der Waals surface area contributed by atoms with Crippen LogP contribution in [0.2, 0.25) is 0 Å². The molecule has 1 saturated heterocycles. The minimum atomic E-state index is -3.42. The molecule has 0 aromatic heterocycles. The van der Waals surface area contributed by atoms with Crippen LogP contribution in [0, 0.1) is 6.92 Å². The van der Waals surface area contributed by atoms with Gasteiger partial charge in [-0.05, 0) is 67.5 Å². The van der Waals surface area contributed by atoms with Crippen LogP contribution in [0.5, 0.6) is 0 Å². The van der Waals surface area contributed by atoms with Crippen LogP contribution < -0.4 is 0 Å². The molecule has 0 aliphatic carbocycles. The van der Waals surface area contributed by atoms with Crippen molar-refractivity contribution in [3.05, 3.63) is 28.2 Å². The summed E-state index contributed by atoms with van der Waals surface area (Å²) in [6, 6.07) is 5.46. The third-order valence-electron chi connectivity index (χ3n) is 3.57. The summed E-state index contributed by atoms with van der Waals surface area (Å²) in [6.07, 6.45) is 1.86. The molecule has 1 aromatic rings. The summed E-state index contributed by atoms with van der Waals surface area (Å²) >= 11 is 3.38. The first-order valence-corrected chi connectivity index (χ1v) is 8.98. The highest BCUT2D eigenvalue weighted by Crippen LogP contribution is 2.31. The quantitative estimate of drug-likeness (QED) is 0.827. The van der Waals surface area contributed by atoms with E-state index in [2.05, 4.69) is 15.9 Å². The van der Waals surface area contributed by atoms with Gasteiger partial charge < -0.3 is 4.90 Å². The summed E-state index contributed by atoms with van der Waals surface area (Å²) in [4.78, 5) is 2.41. The minimum absolute atomic E-state index is 0.0724. The summed E-state index contributed by atoms with van der Waals surface area (Å²) < 4.78 is 28.0. The number of hydrogen-bond acceptors (Lipinski definition) is 3. The largest absolute Gasteiger partial charge is 0.308 e. The third-order valence-corrected chi connectivity index (χ3v) is 6.50. The Balaban J connectivity index is 2.34. The highest BCUT2D eigenvalue weighted by Gasteiger charge is 2.36. The van der Waals surface area contributed by atoms with Gasteiger partial charge in [0.15, 0.2) is 0 Å². The number of rotatable bonds is 4. The van der Waals surface area contributed by atoms with Crippen molar-refractivity contribution in [3.8, 4) is 0 Å². The van der Waals surface area contributed by atoms with E-state index in [1.54, 1.807) is 10.4 Å². The van der Waals surface area contributed by atoms with Gasteiger partial charge in [-0.25, -0.2) is 8.42 Å². The van der Waals surface area contributed by atoms with Crippen LogP contribution in [0.3, 0.4) is 0 Å². The van der Waals surface area contributed by atoms with Gasteiger partial charge in [0.2, 0.25) is 10.0 Å². The van der Waals surface area contributed by atoms with Crippen LogP contribution >= 0.6 is 15.9 Å². The lowest BCUT2D eigenvalue weighted by Crippen LogP contribution is -2.41. The fourth-order valence-corrected chi connectivity index (χ4v) is 5.51. The molecule has 1 aliphatic rings. The van der Waals surface area contributed by atoms with Crippen molar-refractivity contribution in [1.82, 2.24) is 9.21 Å². The number of halogens is 1. The summed E-state index contributed by atoms with van der Waals surface area (Å²) in [5, 5.41) is 0. The number of nitrogens with zero attached hydrogens (tertiary/aromatic N) is 2. The Bertz CT molecular complexity index is 587. The molecule has 4 nitrogen and oxygen atoms in total. The Labute approximate surface area is 129 Å². The zero-order chi connectivity index (χ0) is 14.9. The molecule has 20 heavy (non-hydrogen) atoms. The maximum Gasteiger partial charge on any atom is 0.244 e. The molecule has 1 fully saturated rings. The second-order valence-electron chi connectivity index (χ2n) is 5.61. The Morgan fingerprint density at radius 2 is 2.10 bits per heavy atom. The molecule has 0 N–H and O–H groups in total. The molecule has 2 rings (SSSR count). The Morgan fingerprint density at radius 3 is 2.70 bits per heavy atom. The van der Waals surface area contributed by atoms with E-state index in [-0.39, 0.29) is 6.04 Å². The van der Waals surface area contributed by atoms with E-state index in [1.165, 1.54) is 0 Å². The molecular formula is C14H21BrN2O2S. The van der Waals surface area contributed by atoms with Gasteiger partial charge in [-0.3, -0.25) is 0 Å². The second-order valence-corrected chi connectivity index (χ2v) is 8.32. The van der Waals surface area contributed by atoms with Crippen LogP contribution in [0.25, 0.3) is 0 Å². The molecule has 1 unspecified atom stereocenters. The molecule has 1 heterocycles. The van der Waals surface area contributed by atoms with E-state index in [9.17, 15) is 8.42 Å². The summed E-state index contributed by atoms with van der Waals surface area (Å²) in [5.41, 5.74) is 1.04. The van der Waals surface area contributed by atoms with Crippen LogP contribution in [0.15, 0.2) is 27.6 Å². The van der Waals surface area contributed by atoms with E-state index >= 15 is 0 Å². The first-order valence-electron chi connectivity index (χ1n) is 6.75. The van der Waals surface area contributed by atoms with Gasteiger partial charge in [0, 0.05) is 23.6 Å². The fourth-order valence-electron chi connectivity index (χ4n) is 2.67. The lowest BCUT2D eigenvalue weighted by molar-refractivity contribution is 0.291. The fraction of sp³-hybridized carbons (Fsp3) is 0.571. The predicted octanol–water partition coefficient (Wildman–Crippen LogP) is 2.47. The van der Waals surface area contributed by atoms with Crippen LogP contribution in [-0.2, 0) is 10.0 Å². The SMILES string of the molecule is Cc1ccc(S(=O)(=O)N2CCCC2CN(C)C)c(Br)c1. The molecule has 6 heteroatoms. The van der Waals surface area contributed by atoms with Gasteiger partial charge in [-0.2, -0.15) is 4.31 Å². The van der Waals surface area contributed by atoms with Gasteiger partial charge >= 0.3 is 0 Å². The molecule has 0 bridgehead atoms. The van der Waals surface area contributed by atoms with Crippen molar-refractivity contribution in [2.24, 2.45) is 0 Å². The zero-order valence-corrected chi connectivity index (χ0v) is 14.5. The van der Waals surface area contributed by atoms with Crippen molar-refractivity contribution in [2.45, 2.75) is 30.7 Å². The van der Waals surface area contributed by atoms with Crippen molar-refractivity contribution in [3.63, 3.8) is 0 Å². The summed E-state index contributed by atoms with van der Waals surface area (Å²) in [5.74, 6) is 0. The monoisotopic (exact) mass is 360 g/mol. The second kappa shape index (κ2) is 6.13. The normalized spacial score (nSPS) is 20.8. The average molecular weight is 361 g/mol. The number of benzene rings is 1. The topological polar surface area (TPSA) is 40.6 Å². The molecule has 0 saturated carbocycles. The predicted molar refractivity (Wildman–Crippen MR) is 84.3 cm³/mol. The Kier molecular flexibility index (Phi) is 4.89. The number of hydrogen-bond donors (Lipinski definition) is 0. The van der Waals surface area contributed by atoms with Gasteiger partial charge in [-0.1, -0.05) is 6.07 Å². The van der Waals surface area contributed by atoms with Gasteiger partial charge in [0.25, 0.3) is 0 Å². The molecule has 1 atom stereocenters. The molecule has 1 aliphatic heterocycles. The van der Waals surface area contributed by atoms with E-state index in [0.717, 1.165) is 24.9 Å². The van der Waals surface area contributed by atoms with Gasteiger partial charge in [0.05, 0.1) is 4.90 Å². The summed E-state index contributed by atoms with van der Waals surface area (Å²) in [6.45, 7) is 3.33. The van der Waals surface area contributed by atoms with Crippen molar-refractivity contribution in [1.29, 1.82) is 0 Å². The lowest BCUT2D eigenvalue weighted by Gasteiger charge is -2.26. The first kappa shape index (κ1) is 15.9. The molecule has 0 spiro atoms. The molecule has 1 aromatic carbocycles. The van der Waals surface area contributed by atoms with E-state index < -0.39 is 10.0 Å². The third kappa shape index (κ3) is 3.24. The van der Waals surface area contributed by atoms with E-state index in [0.29, 0.717) is 15.9 Å². The van der Waals surface area contributed by atoms with E-state index in [1.807, 2.05) is 38.1 Å². The lowest BCUT2D eigenvalue weighted by atomic mass is 10.2. The van der Waals surface area contributed by atoms with Crippen LogP contribution in [0.4, 0.5) is 0 Å². The minimum Gasteiger partial charge on any atom is -0.308 e. The maximum absolute atomic E-state index is 12.8. The van der Waals surface area contributed by atoms with Crippen molar-refractivity contribution in [2.75, 3.05) is 27.2 Å². The Morgan fingerprint density at radius 1 is 1.40 bits per heavy atom. The molecular weight excluding hydrogens is 340 g/mol. The molecule has 112 valence electrons. The highest BCUT2D eigenvalue weighted by atomic mass is 79.9. The number of likely N-dealkylation sites (N-methyl/N-ethyl adjacent to an activating group) is 1. The van der Waals surface area contributed by atoms with Crippen LogP contribution in [-0.4, -0.2) is 50.8 Å². The average Bonchev–Trinajstić information content (AvgIpc) is 2.76. The van der Waals surface area contributed by atoms with Gasteiger partial charge in [0.1, 0.15) is 0 Å². The van der Waals surface area contributed by atoms with E-state index in [4.69, 9.17) is 0 Å². The van der Waals surface area contributed by atoms with Crippen molar-refractivity contribution >= 4 is 26.0 Å². The zero-order valence-electron chi connectivity index (χ0n) is 12.1. The van der Waals surface area contributed by atoms with Crippen molar-refractivity contribution < 1.29 is 8.42 Å². The highest BCUT2D eigenvalue weighted by molar-refractivity contribution is 9.10. The summed E-state index contributed by atoms with van der Waals surface area (Å²) in [7, 11) is 0.533. The maximum atomic E-state index is 12.8. The standard InChI is InChI=1S/C14H21BrN2O2S/c1-11-6-7-14(13(15)9-11)20(18,19)17-8-4-5-12(17)10-16(2)3/h6-7,9,12H,4-5,8,10H2,1-3H3. The molecule has 0 amide bonds. The first-order chi connectivity index (χ1) is 9.32. The van der Waals surface area contributed by atoms with Gasteiger partial charge in [-0.15, -0.1) is 0 Å². The Hall–Kier alpha value is -0.430. The smallest absolute Gasteiger partial charge is 0.244 e.